The van der Waals surface area contributed by atoms with Crippen molar-refractivity contribution in [1.82, 2.24) is 10.2 Å². The lowest BCUT2D eigenvalue weighted by Crippen LogP contribution is -2.51. The highest BCUT2D eigenvalue weighted by molar-refractivity contribution is 7.92. The first-order chi connectivity index (χ1) is 18.8. The minimum atomic E-state index is -4.19. The number of nitrogens with zero attached hydrogens (tertiary/aromatic N) is 2. The molecular formula is C30H35Cl2N3O4S. The first-order valence-corrected chi connectivity index (χ1v) is 15.2. The Morgan fingerprint density at radius 2 is 1.57 bits per heavy atom. The number of carbonyl (C=O) groups excluding carboxylic acids is 2. The molecule has 1 atom stereocenters. The number of rotatable bonds is 11. The van der Waals surface area contributed by atoms with Crippen molar-refractivity contribution in [2.45, 2.75) is 52.1 Å². The largest absolute Gasteiger partial charge is 0.354 e. The van der Waals surface area contributed by atoms with Gasteiger partial charge in [0.2, 0.25) is 11.8 Å². The molecule has 0 aliphatic rings. The quantitative estimate of drug-likeness (QED) is 0.291. The number of carbonyl (C=O) groups is 2. The van der Waals surface area contributed by atoms with Crippen LogP contribution >= 0.6 is 23.2 Å². The maximum atomic E-state index is 14.0. The van der Waals surface area contributed by atoms with Crippen molar-refractivity contribution in [3.05, 3.63) is 93.5 Å². The molecule has 40 heavy (non-hydrogen) atoms. The third-order valence-electron chi connectivity index (χ3n) is 6.48. The summed E-state index contributed by atoms with van der Waals surface area (Å²) >= 11 is 12.7. The van der Waals surface area contributed by atoms with Crippen LogP contribution in [0, 0.1) is 19.8 Å². The summed E-state index contributed by atoms with van der Waals surface area (Å²) in [6.45, 7) is 9.07. The van der Waals surface area contributed by atoms with E-state index in [9.17, 15) is 18.0 Å². The number of aryl methyl sites for hydroxylation is 2. The van der Waals surface area contributed by atoms with Crippen LogP contribution in [0.3, 0.4) is 0 Å². The van der Waals surface area contributed by atoms with Crippen LogP contribution in [-0.4, -0.2) is 44.3 Å². The Morgan fingerprint density at radius 3 is 2.20 bits per heavy atom. The molecule has 0 radical (unpaired) electrons. The fourth-order valence-corrected chi connectivity index (χ4v) is 5.88. The number of hydrogen-bond donors (Lipinski definition) is 1. The molecular weight excluding hydrogens is 569 g/mol. The normalized spacial score (nSPS) is 12.2. The lowest BCUT2D eigenvalue weighted by Gasteiger charge is -2.32. The van der Waals surface area contributed by atoms with Crippen molar-refractivity contribution in [3.63, 3.8) is 0 Å². The van der Waals surface area contributed by atoms with E-state index in [4.69, 9.17) is 23.2 Å². The van der Waals surface area contributed by atoms with Gasteiger partial charge in [-0.2, -0.15) is 0 Å². The fourth-order valence-electron chi connectivity index (χ4n) is 4.05. The molecule has 0 saturated heterocycles. The second kappa shape index (κ2) is 13.5. The van der Waals surface area contributed by atoms with Gasteiger partial charge in [0.1, 0.15) is 12.6 Å². The highest BCUT2D eigenvalue weighted by Crippen LogP contribution is 2.30. The number of amides is 2. The van der Waals surface area contributed by atoms with E-state index < -0.39 is 28.5 Å². The monoisotopic (exact) mass is 603 g/mol. The van der Waals surface area contributed by atoms with Gasteiger partial charge in [-0.15, -0.1) is 0 Å². The Kier molecular flexibility index (Phi) is 10.6. The van der Waals surface area contributed by atoms with Crippen molar-refractivity contribution in [3.8, 4) is 0 Å². The maximum Gasteiger partial charge on any atom is 0.264 e. The van der Waals surface area contributed by atoms with Gasteiger partial charge in [0.25, 0.3) is 10.0 Å². The van der Waals surface area contributed by atoms with Crippen LogP contribution in [0.15, 0.2) is 71.6 Å². The van der Waals surface area contributed by atoms with Crippen LogP contribution < -0.4 is 9.62 Å². The van der Waals surface area contributed by atoms with E-state index in [2.05, 4.69) is 5.32 Å². The van der Waals surface area contributed by atoms with Crippen molar-refractivity contribution >= 4 is 50.7 Å². The summed E-state index contributed by atoms with van der Waals surface area (Å²) in [6, 6.07) is 17.4. The van der Waals surface area contributed by atoms with Gasteiger partial charge in [-0.25, -0.2) is 8.42 Å². The van der Waals surface area contributed by atoms with Crippen molar-refractivity contribution in [1.29, 1.82) is 0 Å². The molecule has 3 aromatic carbocycles. The fraction of sp³-hybridized carbons (Fsp3) is 0.333. The van der Waals surface area contributed by atoms with E-state index in [1.54, 1.807) is 62.4 Å². The second-order valence-electron chi connectivity index (χ2n) is 10.2. The number of sulfonamides is 1. The van der Waals surface area contributed by atoms with Crippen molar-refractivity contribution in [2.24, 2.45) is 5.92 Å². The summed E-state index contributed by atoms with van der Waals surface area (Å²) in [4.78, 5) is 28.5. The predicted octanol–water partition coefficient (Wildman–Crippen LogP) is 6.00. The first kappa shape index (κ1) is 31.5. The number of nitrogens with one attached hydrogen (secondary N) is 1. The Hall–Kier alpha value is -3.07. The molecule has 0 aromatic heterocycles. The van der Waals surface area contributed by atoms with Crippen molar-refractivity contribution < 1.29 is 18.0 Å². The molecule has 7 nitrogen and oxygen atoms in total. The molecule has 0 aliphatic heterocycles. The minimum absolute atomic E-state index is 0.0156. The molecule has 0 bridgehead atoms. The highest BCUT2D eigenvalue weighted by atomic mass is 35.5. The molecule has 0 fully saturated rings. The minimum Gasteiger partial charge on any atom is -0.354 e. The second-order valence-corrected chi connectivity index (χ2v) is 12.9. The van der Waals surface area contributed by atoms with Gasteiger partial charge in [-0.3, -0.25) is 13.9 Å². The molecule has 0 aliphatic carbocycles. The van der Waals surface area contributed by atoms with Crippen molar-refractivity contribution in [2.75, 3.05) is 17.4 Å². The maximum absolute atomic E-state index is 14.0. The third-order valence-corrected chi connectivity index (χ3v) is 8.86. The van der Waals surface area contributed by atoms with Crippen LogP contribution in [0.4, 0.5) is 5.69 Å². The van der Waals surface area contributed by atoms with E-state index >= 15 is 0 Å². The van der Waals surface area contributed by atoms with E-state index in [1.165, 1.54) is 23.1 Å². The average molecular weight is 605 g/mol. The van der Waals surface area contributed by atoms with Crippen LogP contribution in [0.2, 0.25) is 10.0 Å². The zero-order valence-corrected chi connectivity index (χ0v) is 25.6. The van der Waals surface area contributed by atoms with Gasteiger partial charge in [-0.1, -0.05) is 79.0 Å². The Labute approximate surface area is 247 Å². The Balaban J connectivity index is 2.07. The summed E-state index contributed by atoms with van der Waals surface area (Å²) in [5.74, 6) is -0.701. The molecule has 1 N–H and O–H groups in total. The average Bonchev–Trinajstić information content (AvgIpc) is 2.91. The van der Waals surface area contributed by atoms with Gasteiger partial charge in [0.05, 0.1) is 10.6 Å². The molecule has 3 rings (SSSR count). The highest BCUT2D eigenvalue weighted by Gasteiger charge is 2.33. The lowest BCUT2D eigenvalue weighted by atomic mass is 10.1. The van der Waals surface area contributed by atoms with E-state index in [1.807, 2.05) is 20.8 Å². The topological polar surface area (TPSA) is 86.8 Å². The van der Waals surface area contributed by atoms with Gasteiger partial charge in [0, 0.05) is 23.1 Å². The number of anilines is 1. The first-order valence-electron chi connectivity index (χ1n) is 13.0. The molecule has 0 heterocycles. The molecule has 10 heteroatoms. The Morgan fingerprint density at radius 1 is 0.925 bits per heavy atom. The molecule has 0 spiro atoms. The number of hydrogen-bond acceptors (Lipinski definition) is 4. The molecule has 3 aromatic rings. The summed E-state index contributed by atoms with van der Waals surface area (Å²) in [7, 11) is -4.19. The van der Waals surface area contributed by atoms with Gasteiger partial charge < -0.3 is 10.2 Å². The van der Waals surface area contributed by atoms with E-state index in [-0.39, 0.29) is 29.0 Å². The van der Waals surface area contributed by atoms with E-state index in [0.29, 0.717) is 27.7 Å². The zero-order chi connectivity index (χ0) is 29.6. The smallest absolute Gasteiger partial charge is 0.264 e. The number of halogens is 2. The van der Waals surface area contributed by atoms with Gasteiger partial charge >= 0.3 is 0 Å². The molecule has 0 saturated carbocycles. The van der Waals surface area contributed by atoms with Crippen LogP contribution in [-0.2, 0) is 26.2 Å². The molecule has 0 unspecified atom stereocenters. The predicted molar refractivity (Wildman–Crippen MR) is 161 cm³/mol. The standard InChI is InChI=1S/C30H35Cl2N3O4S/c1-20(2)17-33-30(37)23(5)34(18-24-8-6-7-9-27(24)32)29(36)19-35(28-16-25(31)13-12-22(28)4)40(38,39)26-14-10-21(3)11-15-26/h6-16,20,23H,17-19H2,1-5H3,(H,33,37)/t23-/m0/s1. The third kappa shape index (κ3) is 7.77. The van der Waals surface area contributed by atoms with E-state index in [0.717, 1.165) is 9.87 Å². The van der Waals surface area contributed by atoms with Crippen LogP contribution in [0.1, 0.15) is 37.5 Å². The summed E-state index contributed by atoms with van der Waals surface area (Å²) in [5.41, 5.74) is 2.42. The molecule has 2 amide bonds. The zero-order valence-electron chi connectivity index (χ0n) is 23.3. The Bertz CT molecular complexity index is 1460. The number of benzene rings is 3. The summed E-state index contributed by atoms with van der Waals surface area (Å²) in [6.07, 6.45) is 0. The van der Waals surface area contributed by atoms with Crippen LogP contribution in [0.25, 0.3) is 0 Å². The molecule has 214 valence electrons. The van der Waals surface area contributed by atoms with Crippen LogP contribution in [0.5, 0.6) is 0 Å². The summed E-state index contributed by atoms with van der Waals surface area (Å²) < 4.78 is 29.0. The van der Waals surface area contributed by atoms with Gasteiger partial charge in [0.15, 0.2) is 0 Å². The SMILES string of the molecule is Cc1ccc(S(=O)(=O)N(CC(=O)N(Cc2ccccc2Cl)[C@@H](C)C(=O)NCC(C)C)c2cc(Cl)ccc2C)cc1. The summed E-state index contributed by atoms with van der Waals surface area (Å²) in [5, 5.41) is 3.63. The lowest BCUT2D eigenvalue weighted by molar-refractivity contribution is -0.139. The van der Waals surface area contributed by atoms with Gasteiger partial charge in [-0.05, 0) is 68.1 Å².